The molecule has 0 aromatic heterocycles. The van der Waals surface area contributed by atoms with Crippen LogP contribution < -0.4 is 4.74 Å². The van der Waals surface area contributed by atoms with E-state index in [-0.39, 0.29) is 12.2 Å². The predicted octanol–water partition coefficient (Wildman–Crippen LogP) is 4.96. The molecule has 1 aromatic carbocycles. The van der Waals surface area contributed by atoms with Crippen molar-refractivity contribution in [2.75, 3.05) is 26.7 Å². The van der Waals surface area contributed by atoms with Crippen LogP contribution in [0.5, 0.6) is 5.75 Å². The van der Waals surface area contributed by atoms with Gasteiger partial charge in [0.2, 0.25) is 0 Å². The summed E-state index contributed by atoms with van der Waals surface area (Å²) in [7, 11) is 1.79. The SMILES string of the molecule is CN(CC1CC(Oc2ccc(CN3CCCC3)c(Cl)c2)C1)C(=O)OC(C)(C)C. The van der Waals surface area contributed by atoms with E-state index < -0.39 is 5.60 Å². The van der Waals surface area contributed by atoms with Crippen molar-refractivity contribution in [1.82, 2.24) is 9.80 Å². The number of amides is 1. The van der Waals surface area contributed by atoms with Gasteiger partial charge in [0.1, 0.15) is 11.4 Å². The maximum absolute atomic E-state index is 12.1. The molecule has 0 unspecified atom stereocenters. The fourth-order valence-electron chi connectivity index (χ4n) is 3.83. The molecule has 1 aromatic rings. The first kappa shape index (κ1) is 21.3. The van der Waals surface area contributed by atoms with Crippen molar-refractivity contribution < 1.29 is 14.3 Å². The zero-order valence-electron chi connectivity index (χ0n) is 17.5. The van der Waals surface area contributed by atoms with E-state index in [0.29, 0.717) is 12.5 Å². The number of carbonyl (C=O) groups excluding carboxylic acids is 1. The van der Waals surface area contributed by atoms with Gasteiger partial charge in [0.15, 0.2) is 0 Å². The van der Waals surface area contributed by atoms with Gasteiger partial charge in [0.25, 0.3) is 0 Å². The molecule has 0 spiro atoms. The van der Waals surface area contributed by atoms with Crippen molar-refractivity contribution in [1.29, 1.82) is 0 Å². The molecule has 6 heteroatoms. The van der Waals surface area contributed by atoms with E-state index >= 15 is 0 Å². The van der Waals surface area contributed by atoms with Crippen molar-refractivity contribution >= 4 is 17.7 Å². The number of likely N-dealkylation sites (tertiary alicyclic amines) is 1. The minimum atomic E-state index is -0.461. The van der Waals surface area contributed by atoms with E-state index in [1.165, 1.54) is 18.4 Å². The predicted molar refractivity (Wildman–Crippen MR) is 112 cm³/mol. The number of hydrogen-bond acceptors (Lipinski definition) is 4. The maximum atomic E-state index is 12.1. The number of nitrogens with zero attached hydrogens (tertiary/aromatic N) is 2. The van der Waals surface area contributed by atoms with E-state index in [4.69, 9.17) is 21.1 Å². The smallest absolute Gasteiger partial charge is 0.410 e. The molecular formula is C22H33ClN2O3. The molecule has 5 nitrogen and oxygen atoms in total. The molecule has 1 saturated carbocycles. The molecule has 28 heavy (non-hydrogen) atoms. The molecule has 0 radical (unpaired) electrons. The molecule has 1 saturated heterocycles. The van der Waals surface area contributed by atoms with Crippen LogP contribution in [0.3, 0.4) is 0 Å². The lowest BCUT2D eigenvalue weighted by Crippen LogP contribution is -2.43. The number of halogens is 1. The number of carbonyl (C=O) groups is 1. The van der Waals surface area contributed by atoms with Crippen LogP contribution >= 0.6 is 11.6 Å². The summed E-state index contributed by atoms with van der Waals surface area (Å²) in [6, 6.07) is 6.05. The number of hydrogen-bond donors (Lipinski definition) is 0. The second-order valence-corrected chi connectivity index (χ2v) is 9.58. The summed E-state index contributed by atoms with van der Waals surface area (Å²) in [5.41, 5.74) is 0.706. The molecule has 1 aliphatic heterocycles. The zero-order chi connectivity index (χ0) is 20.3. The van der Waals surface area contributed by atoms with Crippen molar-refractivity contribution in [3.63, 3.8) is 0 Å². The minimum Gasteiger partial charge on any atom is -0.490 e. The van der Waals surface area contributed by atoms with E-state index in [0.717, 1.165) is 43.2 Å². The standard InChI is InChI=1S/C22H33ClN2O3/c1-22(2,3)28-21(26)24(4)14-16-11-19(12-16)27-18-8-7-17(20(23)13-18)15-25-9-5-6-10-25/h7-8,13,16,19H,5-6,9-12,14-15H2,1-4H3. The Morgan fingerprint density at radius 3 is 2.54 bits per heavy atom. The van der Waals surface area contributed by atoms with Crippen LogP contribution in [0.4, 0.5) is 4.79 Å². The average molecular weight is 409 g/mol. The van der Waals surface area contributed by atoms with Crippen molar-refractivity contribution in [3.05, 3.63) is 28.8 Å². The highest BCUT2D eigenvalue weighted by atomic mass is 35.5. The quantitative estimate of drug-likeness (QED) is 0.667. The normalized spacial score (nSPS) is 22.6. The molecule has 1 amide bonds. The number of benzene rings is 1. The van der Waals surface area contributed by atoms with E-state index in [1.807, 2.05) is 32.9 Å². The van der Waals surface area contributed by atoms with E-state index in [9.17, 15) is 4.79 Å². The van der Waals surface area contributed by atoms with Crippen molar-refractivity contribution in [2.24, 2.45) is 5.92 Å². The first-order chi connectivity index (χ1) is 13.2. The van der Waals surface area contributed by atoms with Gasteiger partial charge in [-0.25, -0.2) is 4.79 Å². The first-order valence-corrected chi connectivity index (χ1v) is 10.7. The summed E-state index contributed by atoms with van der Waals surface area (Å²) in [6.07, 6.45) is 4.38. The lowest BCUT2D eigenvalue weighted by molar-refractivity contribution is 0.0118. The van der Waals surface area contributed by atoms with Crippen molar-refractivity contribution in [3.8, 4) is 5.75 Å². The summed E-state index contributed by atoms with van der Waals surface area (Å²) >= 11 is 6.47. The molecule has 156 valence electrons. The summed E-state index contributed by atoms with van der Waals surface area (Å²) in [4.78, 5) is 16.2. The fraction of sp³-hybridized carbons (Fsp3) is 0.682. The Kier molecular flexibility index (Phi) is 6.77. The van der Waals surface area contributed by atoms with Crippen LogP contribution in [0.15, 0.2) is 18.2 Å². The second kappa shape index (κ2) is 8.91. The molecular weight excluding hydrogens is 376 g/mol. The van der Waals surface area contributed by atoms with Gasteiger partial charge in [-0.1, -0.05) is 17.7 Å². The van der Waals surface area contributed by atoms with Crippen LogP contribution in [-0.2, 0) is 11.3 Å². The lowest BCUT2D eigenvalue weighted by atomic mass is 9.82. The molecule has 0 N–H and O–H groups in total. The third kappa shape index (κ3) is 6.02. The van der Waals surface area contributed by atoms with E-state index in [1.54, 1.807) is 11.9 Å². The fourth-order valence-corrected chi connectivity index (χ4v) is 4.06. The largest absolute Gasteiger partial charge is 0.490 e. The highest BCUT2D eigenvalue weighted by Gasteiger charge is 2.33. The Hall–Kier alpha value is -1.46. The van der Waals surface area contributed by atoms with Crippen LogP contribution in [0, 0.1) is 5.92 Å². The summed E-state index contributed by atoms with van der Waals surface area (Å²) < 4.78 is 11.5. The molecule has 0 atom stereocenters. The molecule has 1 heterocycles. The van der Waals surface area contributed by atoms with Gasteiger partial charge >= 0.3 is 6.09 Å². The van der Waals surface area contributed by atoms with Gasteiger partial charge in [-0.2, -0.15) is 0 Å². The van der Waals surface area contributed by atoms with Gasteiger partial charge in [-0.05, 0) is 83.2 Å². The summed E-state index contributed by atoms with van der Waals surface area (Å²) in [6.45, 7) is 9.59. The molecule has 3 rings (SSSR count). The minimum absolute atomic E-state index is 0.192. The van der Waals surface area contributed by atoms with Crippen LogP contribution in [0.25, 0.3) is 0 Å². The molecule has 2 aliphatic rings. The zero-order valence-corrected chi connectivity index (χ0v) is 18.3. The van der Waals surface area contributed by atoms with Gasteiger partial charge < -0.3 is 14.4 Å². The molecule has 2 fully saturated rings. The average Bonchev–Trinajstić information content (AvgIpc) is 3.06. The first-order valence-electron chi connectivity index (χ1n) is 10.3. The van der Waals surface area contributed by atoms with Crippen LogP contribution in [0.2, 0.25) is 5.02 Å². The highest BCUT2D eigenvalue weighted by Crippen LogP contribution is 2.33. The van der Waals surface area contributed by atoms with Gasteiger partial charge in [-0.15, -0.1) is 0 Å². The summed E-state index contributed by atoms with van der Waals surface area (Å²) in [5, 5.41) is 0.782. The monoisotopic (exact) mass is 408 g/mol. The highest BCUT2D eigenvalue weighted by molar-refractivity contribution is 6.31. The van der Waals surface area contributed by atoms with Crippen LogP contribution in [0.1, 0.15) is 52.0 Å². The lowest BCUT2D eigenvalue weighted by Gasteiger charge is -2.37. The van der Waals surface area contributed by atoms with Gasteiger partial charge in [0.05, 0.1) is 6.10 Å². The Labute approximate surface area is 173 Å². The Balaban J connectivity index is 1.41. The summed E-state index contributed by atoms with van der Waals surface area (Å²) in [5.74, 6) is 1.28. The second-order valence-electron chi connectivity index (χ2n) is 9.17. The maximum Gasteiger partial charge on any atom is 0.410 e. The number of ether oxygens (including phenoxy) is 2. The number of rotatable bonds is 6. The van der Waals surface area contributed by atoms with Crippen LogP contribution in [-0.4, -0.2) is 54.3 Å². The Morgan fingerprint density at radius 2 is 1.93 bits per heavy atom. The third-order valence-corrected chi connectivity index (χ3v) is 5.70. The Bertz CT molecular complexity index is 677. The van der Waals surface area contributed by atoms with Gasteiger partial charge in [0, 0.05) is 25.2 Å². The Morgan fingerprint density at radius 1 is 1.25 bits per heavy atom. The van der Waals surface area contributed by atoms with Crippen molar-refractivity contribution in [2.45, 2.75) is 64.7 Å². The molecule has 0 bridgehead atoms. The topological polar surface area (TPSA) is 42.0 Å². The molecule has 1 aliphatic carbocycles. The third-order valence-electron chi connectivity index (χ3n) is 5.35. The van der Waals surface area contributed by atoms with Gasteiger partial charge in [-0.3, -0.25) is 4.90 Å². The van der Waals surface area contributed by atoms with E-state index in [2.05, 4.69) is 11.0 Å².